The molecule has 0 radical (unpaired) electrons. The Hall–Kier alpha value is -1.77. The molecule has 1 aromatic carbocycles. The standard InChI is InChI=1S/C13H15N3/c1-9-7-13(16-5-2-6-16)11-8-10(14)3-4-12(11)15-9/h3-4,7-8H,2,5-6,14H2,1H3. The molecule has 0 bridgehead atoms. The zero-order chi connectivity index (χ0) is 11.1. The van der Waals surface area contributed by atoms with Gasteiger partial charge < -0.3 is 10.6 Å². The van der Waals surface area contributed by atoms with Crippen molar-refractivity contribution in [2.45, 2.75) is 13.3 Å². The maximum absolute atomic E-state index is 5.84. The third-order valence-electron chi connectivity index (χ3n) is 3.14. The molecular formula is C13H15N3. The number of aryl methyl sites for hydroxylation is 1. The minimum Gasteiger partial charge on any atom is -0.399 e. The fraction of sp³-hybridized carbons (Fsp3) is 0.308. The first-order chi connectivity index (χ1) is 7.74. The normalized spacial score (nSPS) is 15.2. The van der Waals surface area contributed by atoms with Crippen LogP contribution in [0.3, 0.4) is 0 Å². The van der Waals surface area contributed by atoms with Gasteiger partial charge in [0.1, 0.15) is 0 Å². The summed E-state index contributed by atoms with van der Waals surface area (Å²) in [6.45, 7) is 4.33. The molecule has 3 heteroatoms. The average Bonchev–Trinajstić information content (AvgIpc) is 2.16. The Labute approximate surface area is 94.9 Å². The Morgan fingerprint density at radius 3 is 2.75 bits per heavy atom. The molecule has 0 atom stereocenters. The molecule has 82 valence electrons. The highest BCUT2D eigenvalue weighted by Crippen LogP contribution is 2.30. The number of anilines is 2. The fourth-order valence-electron chi connectivity index (χ4n) is 2.17. The van der Waals surface area contributed by atoms with Crippen molar-refractivity contribution in [3.05, 3.63) is 30.0 Å². The molecule has 2 N–H and O–H groups in total. The first kappa shape index (κ1) is 9.46. The van der Waals surface area contributed by atoms with Crippen molar-refractivity contribution >= 4 is 22.3 Å². The van der Waals surface area contributed by atoms with Crippen LogP contribution < -0.4 is 10.6 Å². The molecule has 3 nitrogen and oxygen atoms in total. The molecule has 0 aliphatic carbocycles. The van der Waals surface area contributed by atoms with Gasteiger partial charge in [-0.05, 0) is 37.6 Å². The first-order valence-corrected chi connectivity index (χ1v) is 5.66. The van der Waals surface area contributed by atoms with Gasteiger partial charge in [0.15, 0.2) is 0 Å². The van der Waals surface area contributed by atoms with Crippen molar-refractivity contribution in [1.82, 2.24) is 4.98 Å². The van der Waals surface area contributed by atoms with Gasteiger partial charge in [0.05, 0.1) is 5.52 Å². The zero-order valence-corrected chi connectivity index (χ0v) is 9.40. The Morgan fingerprint density at radius 1 is 1.25 bits per heavy atom. The van der Waals surface area contributed by atoms with Crippen LogP contribution in [-0.2, 0) is 0 Å². The smallest absolute Gasteiger partial charge is 0.0727 e. The van der Waals surface area contributed by atoms with Crippen molar-refractivity contribution in [3.63, 3.8) is 0 Å². The van der Waals surface area contributed by atoms with Crippen LogP contribution >= 0.6 is 0 Å². The van der Waals surface area contributed by atoms with Gasteiger partial charge in [-0.15, -0.1) is 0 Å². The molecule has 3 rings (SSSR count). The number of hydrogen-bond donors (Lipinski definition) is 1. The third kappa shape index (κ3) is 1.40. The van der Waals surface area contributed by atoms with Crippen LogP contribution in [0, 0.1) is 6.92 Å². The van der Waals surface area contributed by atoms with E-state index in [9.17, 15) is 0 Å². The van der Waals surface area contributed by atoms with Gasteiger partial charge in [0.25, 0.3) is 0 Å². The van der Waals surface area contributed by atoms with E-state index in [2.05, 4.69) is 16.0 Å². The van der Waals surface area contributed by atoms with Gasteiger partial charge in [-0.3, -0.25) is 4.98 Å². The van der Waals surface area contributed by atoms with Gasteiger partial charge in [-0.2, -0.15) is 0 Å². The van der Waals surface area contributed by atoms with E-state index in [4.69, 9.17) is 5.73 Å². The van der Waals surface area contributed by atoms with Crippen LogP contribution in [0.4, 0.5) is 11.4 Å². The van der Waals surface area contributed by atoms with Crippen molar-refractivity contribution in [1.29, 1.82) is 0 Å². The number of aromatic nitrogens is 1. The first-order valence-electron chi connectivity index (χ1n) is 5.66. The number of fused-ring (bicyclic) bond motifs is 1. The predicted molar refractivity (Wildman–Crippen MR) is 67.7 cm³/mol. The second-order valence-corrected chi connectivity index (χ2v) is 4.40. The number of pyridine rings is 1. The highest BCUT2D eigenvalue weighted by Gasteiger charge is 2.17. The van der Waals surface area contributed by atoms with E-state index < -0.39 is 0 Å². The lowest BCUT2D eigenvalue weighted by Crippen LogP contribution is -2.37. The van der Waals surface area contributed by atoms with Crippen LogP contribution in [0.25, 0.3) is 10.9 Å². The number of rotatable bonds is 1. The summed E-state index contributed by atoms with van der Waals surface area (Å²) < 4.78 is 0. The molecule has 0 unspecified atom stereocenters. The SMILES string of the molecule is Cc1cc(N2CCC2)c2cc(N)ccc2n1. The largest absolute Gasteiger partial charge is 0.399 e. The number of benzene rings is 1. The summed E-state index contributed by atoms with van der Waals surface area (Å²) in [6.07, 6.45) is 1.28. The highest BCUT2D eigenvalue weighted by atomic mass is 15.2. The lowest BCUT2D eigenvalue weighted by Gasteiger charge is -2.34. The Kier molecular flexibility index (Phi) is 1.99. The minimum absolute atomic E-state index is 0.805. The van der Waals surface area contributed by atoms with E-state index in [-0.39, 0.29) is 0 Å². The topological polar surface area (TPSA) is 42.1 Å². The summed E-state index contributed by atoms with van der Waals surface area (Å²) in [6, 6.07) is 8.09. The van der Waals surface area contributed by atoms with E-state index in [1.165, 1.54) is 17.5 Å². The summed E-state index contributed by atoms with van der Waals surface area (Å²) in [5.74, 6) is 0. The van der Waals surface area contributed by atoms with Gasteiger partial charge in [-0.1, -0.05) is 0 Å². The van der Waals surface area contributed by atoms with E-state index in [0.29, 0.717) is 0 Å². The van der Waals surface area contributed by atoms with Gasteiger partial charge >= 0.3 is 0 Å². The Bertz CT molecular complexity index is 544. The quantitative estimate of drug-likeness (QED) is 0.739. The monoisotopic (exact) mass is 213 g/mol. The number of nitrogen functional groups attached to an aromatic ring is 1. The van der Waals surface area contributed by atoms with Crippen LogP contribution in [-0.4, -0.2) is 18.1 Å². The summed E-state index contributed by atoms with van der Waals surface area (Å²) in [5.41, 5.74) is 10.0. The molecule has 0 saturated carbocycles. The molecule has 1 saturated heterocycles. The van der Waals surface area contributed by atoms with Gasteiger partial charge in [-0.25, -0.2) is 0 Å². The molecule has 2 heterocycles. The molecule has 1 aliphatic heterocycles. The average molecular weight is 213 g/mol. The summed E-state index contributed by atoms with van der Waals surface area (Å²) in [7, 11) is 0. The lowest BCUT2D eigenvalue weighted by atomic mass is 10.1. The Morgan fingerprint density at radius 2 is 2.06 bits per heavy atom. The maximum Gasteiger partial charge on any atom is 0.0727 e. The molecule has 1 aliphatic rings. The number of nitrogens with zero attached hydrogens (tertiary/aromatic N) is 2. The summed E-state index contributed by atoms with van der Waals surface area (Å²) in [4.78, 5) is 6.92. The van der Waals surface area contributed by atoms with Crippen LogP contribution in [0.5, 0.6) is 0 Å². The third-order valence-corrected chi connectivity index (χ3v) is 3.14. The van der Waals surface area contributed by atoms with Gasteiger partial charge in [0.2, 0.25) is 0 Å². The van der Waals surface area contributed by atoms with Crippen LogP contribution in [0.15, 0.2) is 24.3 Å². The van der Waals surface area contributed by atoms with Crippen LogP contribution in [0.2, 0.25) is 0 Å². The zero-order valence-electron chi connectivity index (χ0n) is 9.40. The number of hydrogen-bond acceptors (Lipinski definition) is 3. The molecule has 1 fully saturated rings. The van der Waals surface area contributed by atoms with E-state index >= 15 is 0 Å². The minimum atomic E-state index is 0.805. The Balaban J connectivity index is 2.26. The second kappa shape index (κ2) is 3.37. The highest BCUT2D eigenvalue weighted by molar-refractivity contribution is 5.94. The second-order valence-electron chi connectivity index (χ2n) is 4.40. The molecular weight excluding hydrogens is 198 g/mol. The van der Waals surface area contributed by atoms with Crippen molar-refractivity contribution < 1.29 is 0 Å². The summed E-state index contributed by atoms with van der Waals surface area (Å²) in [5, 5.41) is 1.17. The fourth-order valence-corrected chi connectivity index (χ4v) is 2.17. The molecule has 0 amide bonds. The summed E-state index contributed by atoms with van der Waals surface area (Å²) >= 11 is 0. The number of nitrogens with two attached hydrogens (primary N) is 1. The molecule has 2 aromatic rings. The predicted octanol–water partition coefficient (Wildman–Crippen LogP) is 2.34. The van der Waals surface area contributed by atoms with Crippen LogP contribution in [0.1, 0.15) is 12.1 Å². The molecule has 16 heavy (non-hydrogen) atoms. The van der Waals surface area contributed by atoms with Crippen molar-refractivity contribution in [2.24, 2.45) is 0 Å². The molecule has 1 aromatic heterocycles. The van der Waals surface area contributed by atoms with E-state index in [0.717, 1.165) is 30.0 Å². The maximum atomic E-state index is 5.84. The van der Waals surface area contributed by atoms with E-state index in [1.807, 2.05) is 25.1 Å². The lowest BCUT2D eigenvalue weighted by molar-refractivity contribution is 0.619. The molecule has 0 spiro atoms. The van der Waals surface area contributed by atoms with Crippen molar-refractivity contribution in [3.8, 4) is 0 Å². The van der Waals surface area contributed by atoms with E-state index in [1.54, 1.807) is 0 Å². The van der Waals surface area contributed by atoms with Crippen molar-refractivity contribution in [2.75, 3.05) is 23.7 Å². The van der Waals surface area contributed by atoms with Gasteiger partial charge in [0, 0.05) is 35.5 Å².